The normalized spacial score (nSPS) is 10.7. The SMILES string of the molecule is O=C(CNCc1ccccc1F)NC(c1ccccc1)c1ccccc1. The molecule has 3 aromatic rings. The quantitative estimate of drug-likeness (QED) is 0.681. The van der Waals surface area contributed by atoms with E-state index in [9.17, 15) is 9.18 Å². The molecule has 0 spiro atoms. The van der Waals surface area contributed by atoms with Crippen molar-refractivity contribution in [2.24, 2.45) is 0 Å². The summed E-state index contributed by atoms with van der Waals surface area (Å²) >= 11 is 0. The molecule has 3 nitrogen and oxygen atoms in total. The average Bonchev–Trinajstić information content (AvgIpc) is 2.69. The zero-order valence-corrected chi connectivity index (χ0v) is 14.4. The first kappa shape index (κ1) is 17.8. The molecule has 0 aliphatic rings. The second-order valence-corrected chi connectivity index (χ2v) is 6.02. The van der Waals surface area contributed by atoms with Gasteiger partial charge in [-0.2, -0.15) is 0 Å². The van der Waals surface area contributed by atoms with Crippen molar-refractivity contribution in [3.63, 3.8) is 0 Å². The van der Waals surface area contributed by atoms with Crippen LogP contribution in [0.15, 0.2) is 84.9 Å². The number of halogens is 1. The Kier molecular flexibility index (Phi) is 6.12. The largest absolute Gasteiger partial charge is 0.344 e. The van der Waals surface area contributed by atoms with Gasteiger partial charge in [0.05, 0.1) is 12.6 Å². The molecule has 26 heavy (non-hydrogen) atoms. The molecule has 132 valence electrons. The second-order valence-electron chi connectivity index (χ2n) is 6.02. The fourth-order valence-electron chi connectivity index (χ4n) is 2.81. The van der Waals surface area contributed by atoms with E-state index in [0.717, 1.165) is 11.1 Å². The average molecular weight is 348 g/mol. The highest BCUT2D eigenvalue weighted by Crippen LogP contribution is 2.21. The van der Waals surface area contributed by atoms with Crippen molar-refractivity contribution < 1.29 is 9.18 Å². The van der Waals surface area contributed by atoms with Crippen molar-refractivity contribution in [1.29, 1.82) is 0 Å². The highest BCUT2D eigenvalue weighted by Gasteiger charge is 2.16. The van der Waals surface area contributed by atoms with Gasteiger partial charge in [0, 0.05) is 12.1 Å². The van der Waals surface area contributed by atoms with Crippen LogP contribution in [0.25, 0.3) is 0 Å². The van der Waals surface area contributed by atoms with Crippen LogP contribution < -0.4 is 10.6 Å². The molecule has 0 fully saturated rings. The van der Waals surface area contributed by atoms with Crippen LogP contribution in [0.3, 0.4) is 0 Å². The van der Waals surface area contributed by atoms with E-state index in [0.29, 0.717) is 12.1 Å². The maximum atomic E-state index is 13.6. The van der Waals surface area contributed by atoms with Gasteiger partial charge in [-0.05, 0) is 17.2 Å². The van der Waals surface area contributed by atoms with E-state index >= 15 is 0 Å². The predicted octanol–water partition coefficient (Wildman–Crippen LogP) is 3.82. The number of amides is 1. The Balaban J connectivity index is 1.63. The summed E-state index contributed by atoms with van der Waals surface area (Å²) in [6.45, 7) is 0.423. The van der Waals surface area contributed by atoms with Crippen LogP contribution in [0.4, 0.5) is 4.39 Å². The maximum absolute atomic E-state index is 13.6. The lowest BCUT2D eigenvalue weighted by Gasteiger charge is -2.20. The van der Waals surface area contributed by atoms with Gasteiger partial charge in [0.1, 0.15) is 5.82 Å². The van der Waals surface area contributed by atoms with Gasteiger partial charge >= 0.3 is 0 Å². The highest BCUT2D eigenvalue weighted by atomic mass is 19.1. The van der Waals surface area contributed by atoms with Crippen LogP contribution in [0.1, 0.15) is 22.7 Å². The van der Waals surface area contributed by atoms with Gasteiger partial charge < -0.3 is 10.6 Å². The van der Waals surface area contributed by atoms with E-state index in [1.165, 1.54) is 6.07 Å². The van der Waals surface area contributed by atoms with E-state index in [1.807, 2.05) is 60.7 Å². The van der Waals surface area contributed by atoms with Crippen molar-refractivity contribution in [3.05, 3.63) is 107 Å². The third kappa shape index (κ3) is 4.77. The summed E-state index contributed by atoms with van der Waals surface area (Å²) in [7, 11) is 0. The zero-order chi connectivity index (χ0) is 18.2. The lowest BCUT2D eigenvalue weighted by Crippen LogP contribution is -2.36. The molecule has 0 unspecified atom stereocenters. The number of benzene rings is 3. The molecule has 0 aromatic heterocycles. The molecule has 4 heteroatoms. The van der Waals surface area contributed by atoms with Crippen molar-refractivity contribution in [3.8, 4) is 0 Å². The first-order chi connectivity index (χ1) is 12.7. The molecule has 2 N–H and O–H groups in total. The molecule has 0 bridgehead atoms. The van der Waals surface area contributed by atoms with Gasteiger partial charge in [-0.15, -0.1) is 0 Å². The standard InChI is InChI=1S/C22H21FN2O/c23-20-14-8-7-13-19(20)15-24-16-21(26)25-22(17-9-3-1-4-10-17)18-11-5-2-6-12-18/h1-14,22,24H,15-16H2,(H,25,26). The molecule has 0 heterocycles. The molecule has 3 rings (SSSR count). The third-order valence-electron chi connectivity index (χ3n) is 4.13. The molecule has 0 saturated heterocycles. The number of carbonyl (C=O) groups is 1. The Labute approximate surface area is 152 Å². The summed E-state index contributed by atoms with van der Waals surface area (Å²) in [6.07, 6.45) is 0. The first-order valence-corrected chi connectivity index (χ1v) is 8.57. The Bertz CT molecular complexity index is 798. The van der Waals surface area contributed by atoms with Crippen molar-refractivity contribution >= 4 is 5.91 Å². The minimum absolute atomic E-state index is 0.116. The number of nitrogens with one attached hydrogen (secondary N) is 2. The fraction of sp³-hybridized carbons (Fsp3) is 0.136. The third-order valence-corrected chi connectivity index (χ3v) is 4.13. The van der Waals surface area contributed by atoms with Gasteiger partial charge in [-0.1, -0.05) is 78.9 Å². The molecule has 0 atom stereocenters. The van der Waals surface area contributed by atoms with Crippen molar-refractivity contribution in [2.75, 3.05) is 6.54 Å². The van der Waals surface area contributed by atoms with Gasteiger partial charge in [0.15, 0.2) is 0 Å². The van der Waals surface area contributed by atoms with Crippen molar-refractivity contribution in [1.82, 2.24) is 10.6 Å². The molecule has 3 aromatic carbocycles. The van der Waals surface area contributed by atoms with E-state index in [1.54, 1.807) is 18.2 Å². The smallest absolute Gasteiger partial charge is 0.234 e. The second kappa shape index (κ2) is 8.92. The summed E-state index contributed by atoms with van der Waals surface area (Å²) in [6, 6.07) is 26.0. The van der Waals surface area contributed by atoms with Crippen LogP contribution in [-0.4, -0.2) is 12.5 Å². The number of rotatable bonds is 7. The molecule has 0 saturated carbocycles. The van der Waals surface area contributed by atoms with E-state index in [-0.39, 0.29) is 24.3 Å². The lowest BCUT2D eigenvalue weighted by molar-refractivity contribution is -0.120. The summed E-state index contributed by atoms with van der Waals surface area (Å²) < 4.78 is 13.6. The summed E-state index contributed by atoms with van der Waals surface area (Å²) in [5.74, 6) is -0.411. The Morgan fingerprint density at radius 1 is 0.808 bits per heavy atom. The minimum atomic E-state index is -0.271. The van der Waals surface area contributed by atoms with Crippen LogP contribution in [-0.2, 0) is 11.3 Å². The van der Waals surface area contributed by atoms with Crippen LogP contribution in [0.5, 0.6) is 0 Å². The maximum Gasteiger partial charge on any atom is 0.234 e. The number of carbonyl (C=O) groups excluding carboxylic acids is 1. The molecular formula is C22H21FN2O. The van der Waals surface area contributed by atoms with Gasteiger partial charge in [-0.3, -0.25) is 4.79 Å². The Morgan fingerprint density at radius 3 is 1.92 bits per heavy atom. The minimum Gasteiger partial charge on any atom is -0.344 e. The summed E-state index contributed by atoms with van der Waals surface area (Å²) in [5.41, 5.74) is 2.57. The van der Waals surface area contributed by atoms with Crippen LogP contribution in [0, 0.1) is 5.82 Å². The first-order valence-electron chi connectivity index (χ1n) is 8.57. The molecule has 1 amide bonds. The van der Waals surface area contributed by atoms with Crippen LogP contribution in [0.2, 0.25) is 0 Å². The van der Waals surface area contributed by atoms with E-state index in [2.05, 4.69) is 10.6 Å². The van der Waals surface area contributed by atoms with E-state index in [4.69, 9.17) is 0 Å². The summed E-state index contributed by atoms with van der Waals surface area (Å²) in [5, 5.41) is 6.05. The van der Waals surface area contributed by atoms with Gasteiger partial charge in [-0.25, -0.2) is 4.39 Å². The fourth-order valence-corrected chi connectivity index (χ4v) is 2.81. The number of hydrogen-bond acceptors (Lipinski definition) is 2. The Hall–Kier alpha value is -2.98. The highest BCUT2D eigenvalue weighted by molar-refractivity contribution is 5.79. The lowest BCUT2D eigenvalue weighted by atomic mass is 9.99. The van der Waals surface area contributed by atoms with Gasteiger partial charge in [0.25, 0.3) is 0 Å². The monoisotopic (exact) mass is 348 g/mol. The summed E-state index contributed by atoms with van der Waals surface area (Å²) in [4.78, 5) is 12.4. The predicted molar refractivity (Wildman–Crippen MR) is 101 cm³/mol. The molecule has 0 aliphatic carbocycles. The molecule has 0 aliphatic heterocycles. The van der Waals surface area contributed by atoms with Gasteiger partial charge in [0.2, 0.25) is 5.91 Å². The van der Waals surface area contributed by atoms with E-state index < -0.39 is 0 Å². The topological polar surface area (TPSA) is 41.1 Å². The van der Waals surface area contributed by atoms with Crippen LogP contribution >= 0.6 is 0 Å². The Morgan fingerprint density at radius 2 is 1.35 bits per heavy atom. The number of hydrogen-bond donors (Lipinski definition) is 2. The molecular weight excluding hydrogens is 327 g/mol. The van der Waals surface area contributed by atoms with Crippen molar-refractivity contribution in [2.45, 2.75) is 12.6 Å². The molecule has 0 radical (unpaired) electrons. The zero-order valence-electron chi connectivity index (χ0n) is 14.4.